The van der Waals surface area contributed by atoms with Crippen molar-refractivity contribution in [1.29, 1.82) is 0 Å². The summed E-state index contributed by atoms with van der Waals surface area (Å²) in [5.74, 6) is -0.400. The van der Waals surface area contributed by atoms with Crippen LogP contribution in [0.2, 0.25) is 5.02 Å². The Kier molecular flexibility index (Phi) is 4.60. The first-order valence-electron chi connectivity index (χ1n) is 5.58. The Morgan fingerprint density at radius 1 is 1.10 bits per heavy atom. The van der Waals surface area contributed by atoms with Crippen molar-refractivity contribution in [2.45, 2.75) is 0 Å². The van der Waals surface area contributed by atoms with Crippen LogP contribution in [0.25, 0.3) is 0 Å². The maximum Gasteiger partial charge on any atom is 0.274 e. The van der Waals surface area contributed by atoms with Gasteiger partial charge in [-0.05, 0) is 24.3 Å². The predicted octanol–water partition coefficient (Wildman–Crippen LogP) is 2.48. The van der Waals surface area contributed by atoms with Gasteiger partial charge in [0.15, 0.2) is 0 Å². The minimum atomic E-state index is -0.439. The molecule has 2 N–H and O–H groups in total. The monoisotopic (exact) mass is 310 g/mol. The first kappa shape index (κ1) is 14.4. The van der Waals surface area contributed by atoms with E-state index in [0.717, 1.165) is 0 Å². The van der Waals surface area contributed by atoms with E-state index in [2.05, 4.69) is 10.9 Å². The number of carbonyl (C=O) groups excluding carboxylic acids is 2. The highest BCUT2D eigenvalue weighted by atomic mass is 35.5. The molecule has 0 spiro atoms. The summed E-state index contributed by atoms with van der Waals surface area (Å²) in [5, 5.41) is 3.88. The lowest BCUT2D eigenvalue weighted by Gasteiger charge is -2.07. The third kappa shape index (κ3) is 3.28. The second-order valence-corrected chi connectivity index (χ2v) is 4.95. The molecular formula is C13H11ClN2O3S. The summed E-state index contributed by atoms with van der Waals surface area (Å²) in [7, 11) is 1.48. The van der Waals surface area contributed by atoms with Crippen molar-refractivity contribution in [3.63, 3.8) is 0 Å². The Morgan fingerprint density at radius 2 is 1.75 bits per heavy atom. The van der Waals surface area contributed by atoms with Gasteiger partial charge in [0.05, 0.1) is 12.7 Å². The van der Waals surface area contributed by atoms with Gasteiger partial charge in [0.1, 0.15) is 5.75 Å². The number of amides is 2. The normalized spacial score (nSPS) is 9.90. The lowest BCUT2D eigenvalue weighted by Crippen LogP contribution is -2.41. The van der Waals surface area contributed by atoms with Crippen LogP contribution in [0, 0.1) is 0 Å². The van der Waals surface area contributed by atoms with Crippen molar-refractivity contribution in [3.05, 3.63) is 51.2 Å². The molecule has 2 aromatic rings. The number of rotatable bonds is 3. The van der Waals surface area contributed by atoms with E-state index in [1.165, 1.54) is 18.4 Å². The van der Waals surface area contributed by atoms with Crippen LogP contribution in [0.1, 0.15) is 20.7 Å². The van der Waals surface area contributed by atoms with Gasteiger partial charge in [0.2, 0.25) is 0 Å². The van der Waals surface area contributed by atoms with Crippen molar-refractivity contribution in [3.8, 4) is 5.75 Å². The Morgan fingerprint density at radius 3 is 2.40 bits per heavy atom. The van der Waals surface area contributed by atoms with Crippen LogP contribution < -0.4 is 15.6 Å². The summed E-state index contributed by atoms with van der Waals surface area (Å²) in [6.45, 7) is 0. The Bertz CT molecular complexity index is 625. The Balaban J connectivity index is 1.96. The zero-order chi connectivity index (χ0) is 14.5. The third-order valence-corrected chi connectivity index (χ3v) is 3.46. The average molecular weight is 311 g/mol. The van der Waals surface area contributed by atoms with E-state index in [-0.39, 0.29) is 0 Å². The standard InChI is InChI=1S/C13H11ClN2O3S/c1-19-11-7-20-6-10(11)13(18)16-15-12(17)8-2-4-9(14)5-3-8/h2-7H,1H3,(H,15,17)(H,16,18). The maximum atomic E-state index is 11.9. The van der Waals surface area contributed by atoms with Gasteiger partial charge < -0.3 is 4.74 Å². The number of benzene rings is 1. The van der Waals surface area contributed by atoms with Gasteiger partial charge in [-0.15, -0.1) is 11.3 Å². The summed E-state index contributed by atoms with van der Waals surface area (Å²) in [5.41, 5.74) is 5.42. The van der Waals surface area contributed by atoms with Gasteiger partial charge in [-0.25, -0.2) is 0 Å². The molecule has 1 aromatic carbocycles. The zero-order valence-corrected chi connectivity index (χ0v) is 12.0. The molecular weight excluding hydrogens is 300 g/mol. The van der Waals surface area contributed by atoms with Crippen LogP contribution in [-0.2, 0) is 0 Å². The molecule has 104 valence electrons. The minimum absolute atomic E-state index is 0.369. The second kappa shape index (κ2) is 6.40. The fraction of sp³-hybridized carbons (Fsp3) is 0.0769. The van der Waals surface area contributed by atoms with E-state index in [1.54, 1.807) is 35.0 Å². The SMILES string of the molecule is COc1cscc1C(=O)NNC(=O)c1ccc(Cl)cc1. The quantitative estimate of drug-likeness (QED) is 0.856. The number of halogens is 1. The lowest BCUT2D eigenvalue weighted by molar-refractivity contribution is 0.0845. The summed E-state index contributed by atoms with van der Waals surface area (Å²) >= 11 is 7.07. The number of nitrogens with one attached hydrogen (secondary N) is 2. The molecule has 0 fully saturated rings. The zero-order valence-electron chi connectivity index (χ0n) is 10.5. The molecule has 0 aliphatic heterocycles. The molecule has 2 amide bonds. The Labute approximate surface area is 124 Å². The molecule has 0 saturated heterocycles. The van der Waals surface area contributed by atoms with Gasteiger partial charge in [-0.3, -0.25) is 20.4 Å². The van der Waals surface area contributed by atoms with Crippen LogP contribution in [-0.4, -0.2) is 18.9 Å². The highest BCUT2D eigenvalue weighted by Crippen LogP contribution is 2.22. The number of methoxy groups -OCH3 is 1. The van der Waals surface area contributed by atoms with Gasteiger partial charge in [0, 0.05) is 21.3 Å². The second-order valence-electron chi connectivity index (χ2n) is 3.77. The highest BCUT2D eigenvalue weighted by molar-refractivity contribution is 7.08. The molecule has 2 rings (SSSR count). The summed E-state index contributed by atoms with van der Waals surface area (Å²) in [6.07, 6.45) is 0. The first-order valence-corrected chi connectivity index (χ1v) is 6.90. The number of hydrazine groups is 1. The number of carbonyl (C=O) groups is 2. The average Bonchev–Trinajstić information content (AvgIpc) is 2.93. The van der Waals surface area contributed by atoms with Crippen LogP contribution in [0.4, 0.5) is 0 Å². The molecule has 0 radical (unpaired) electrons. The molecule has 0 aliphatic carbocycles. The van der Waals surface area contributed by atoms with Crippen LogP contribution in [0.15, 0.2) is 35.0 Å². The van der Waals surface area contributed by atoms with Crippen LogP contribution in [0.5, 0.6) is 5.75 Å². The van der Waals surface area contributed by atoms with Crippen molar-refractivity contribution >= 4 is 34.8 Å². The number of ether oxygens (including phenoxy) is 1. The topological polar surface area (TPSA) is 67.4 Å². The van der Waals surface area contributed by atoms with E-state index in [1.807, 2.05) is 0 Å². The van der Waals surface area contributed by atoms with Gasteiger partial charge in [-0.1, -0.05) is 11.6 Å². The van der Waals surface area contributed by atoms with Crippen molar-refractivity contribution in [2.75, 3.05) is 7.11 Å². The molecule has 7 heteroatoms. The number of thiophene rings is 1. The van der Waals surface area contributed by atoms with E-state index < -0.39 is 11.8 Å². The number of hydrogen-bond donors (Lipinski definition) is 2. The first-order chi connectivity index (χ1) is 9.61. The molecule has 1 heterocycles. The molecule has 0 aliphatic rings. The van der Waals surface area contributed by atoms with Gasteiger partial charge in [-0.2, -0.15) is 0 Å². The molecule has 20 heavy (non-hydrogen) atoms. The molecule has 0 atom stereocenters. The Hall–Kier alpha value is -2.05. The largest absolute Gasteiger partial charge is 0.495 e. The van der Waals surface area contributed by atoms with E-state index in [4.69, 9.17) is 16.3 Å². The summed E-state index contributed by atoms with van der Waals surface area (Å²) < 4.78 is 5.03. The van der Waals surface area contributed by atoms with Gasteiger partial charge >= 0.3 is 0 Å². The highest BCUT2D eigenvalue weighted by Gasteiger charge is 2.14. The molecule has 5 nitrogen and oxygen atoms in total. The van der Waals surface area contributed by atoms with Gasteiger partial charge in [0.25, 0.3) is 11.8 Å². The maximum absolute atomic E-state index is 11.9. The fourth-order valence-corrected chi connectivity index (χ4v) is 2.36. The number of hydrogen-bond acceptors (Lipinski definition) is 4. The van der Waals surface area contributed by atoms with Crippen LogP contribution in [0.3, 0.4) is 0 Å². The molecule has 0 unspecified atom stereocenters. The van der Waals surface area contributed by atoms with Crippen molar-refractivity contribution < 1.29 is 14.3 Å². The third-order valence-electron chi connectivity index (χ3n) is 2.49. The fourth-order valence-electron chi connectivity index (χ4n) is 1.46. The van der Waals surface area contributed by atoms with E-state index >= 15 is 0 Å². The molecule has 1 aromatic heterocycles. The van der Waals surface area contributed by atoms with Crippen LogP contribution >= 0.6 is 22.9 Å². The summed E-state index contributed by atoms with van der Waals surface area (Å²) in [4.78, 5) is 23.6. The smallest absolute Gasteiger partial charge is 0.274 e. The van der Waals surface area contributed by atoms with Crippen molar-refractivity contribution in [2.24, 2.45) is 0 Å². The predicted molar refractivity (Wildman–Crippen MR) is 77.3 cm³/mol. The van der Waals surface area contributed by atoms with Crippen molar-refractivity contribution in [1.82, 2.24) is 10.9 Å². The van der Waals surface area contributed by atoms with E-state index in [9.17, 15) is 9.59 Å². The minimum Gasteiger partial charge on any atom is -0.495 e. The lowest BCUT2D eigenvalue weighted by atomic mass is 10.2. The molecule has 0 bridgehead atoms. The van der Waals surface area contributed by atoms with E-state index in [0.29, 0.717) is 21.9 Å². The molecule has 0 saturated carbocycles. The summed E-state index contributed by atoms with van der Waals surface area (Å²) in [6, 6.07) is 6.32.